The van der Waals surface area contributed by atoms with E-state index in [1.54, 1.807) is 12.1 Å². The first-order valence-corrected chi connectivity index (χ1v) is 11.5. The molecule has 2 aliphatic rings. The Morgan fingerprint density at radius 3 is 2.72 bits per heavy atom. The van der Waals surface area contributed by atoms with Gasteiger partial charge in [-0.15, -0.1) is 0 Å². The first-order chi connectivity index (χ1) is 15.6. The van der Waals surface area contributed by atoms with Crippen molar-refractivity contribution < 1.29 is 13.7 Å². The lowest BCUT2D eigenvalue weighted by molar-refractivity contribution is 0.0680. The number of amides is 1. The molecule has 32 heavy (non-hydrogen) atoms. The molecule has 1 unspecified atom stereocenters. The molecule has 0 spiro atoms. The first-order valence-electron chi connectivity index (χ1n) is 11.5. The van der Waals surface area contributed by atoms with Crippen LogP contribution in [0.4, 0.5) is 5.95 Å². The number of carbonyl (C=O) groups is 1. The minimum absolute atomic E-state index is 0.0507. The summed E-state index contributed by atoms with van der Waals surface area (Å²) in [4.78, 5) is 26.6. The topological polar surface area (TPSA) is 88.5 Å². The molecule has 1 amide bonds. The molecular formula is C24H29N5O3. The van der Waals surface area contributed by atoms with Crippen LogP contribution >= 0.6 is 0 Å². The van der Waals surface area contributed by atoms with Crippen LogP contribution in [0.3, 0.4) is 0 Å². The highest BCUT2D eigenvalue weighted by Gasteiger charge is 2.30. The van der Waals surface area contributed by atoms with E-state index in [1.807, 2.05) is 24.1 Å². The normalized spacial score (nSPS) is 20.0. The Labute approximate surface area is 187 Å². The summed E-state index contributed by atoms with van der Waals surface area (Å²) >= 11 is 0. The summed E-state index contributed by atoms with van der Waals surface area (Å²) in [6.45, 7) is 7.50. The monoisotopic (exact) mass is 435 g/mol. The smallest absolute Gasteiger partial charge is 0.289 e. The predicted octanol–water partition coefficient (Wildman–Crippen LogP) is 4.29. The maximum absolute atomic E-state index is 12.7. The van der Waals surface area contributed by atoms with E-state index in [-0.39, 0.29) is 11.8 Å². The van der Waals surface area contributed by atoms with Gasteiger partial charge in [-0.3, -0.25) is 4.79 Å². The number of hydrogen-bond donors (Lipinski definition) is 0. The third-order valence-corrected chi connectivity index (χ3v) is 6.54. The van der Waals surface area contributed by atoms with Crippen molar-refractivity contribution in [2.24, 2.45) is 5.92 Å². The summed E-state index contributed by atoms with van der Waals surface area (Å²) in [6.07, 6.45) is 7.50. The Bertz CT molecular complexity index is 1070. The third kappa shape index (κ3) is 4.13. The third-order valence-electron chi connectivity index (χ3n) is 6.54. The highest BCUT2D eigenvalue weighted by molar-refractivity contribution is 5.91. The number of nitrogens with zero attached hydrogens (tertiary/aromatic N) is 5. The van der Waals surface area contributed by atoms with Crippen molar-refractivity contribution in [1.82, 2.24) is 20.0 Å². The van der Waals surface area contributed by atoms with Gasteiger partial charge < -0.3 is 18.7 Å². The van der Waals surface area contributed by atoms with E-state index < -0.39 is 0 Å². The maximum atomic E-state index is 12.7. The van der Waals surface area contributed by atoms with Crippen LogP contribution in [0.25, 0.3) is 11.3 Å². The van der Waals surface area contributed by atoms with E-state index >= 15 is 0 Å². The Hall–Kier alpha value is -3.16. The first kappa shape index (κ1) is 20.7. The Morgan fingerprint density at radius 2 is 2.03 bits per heavy atom. The van der Waals surface area contributed by atoms with E-state index in [2.05, 4.69) is 17.0 Å². The number of hydrogen-bond acceptors (Lipinski definition) is 7. The molecule has 0 aromatic carbocycles. The second-order valence-corrected chi connectivity index (χ2v) is 9.04. The van der Waals surface area contributed by atoms with Crippen LogP contribution in [0.5, 0.6) is 0 Å². The number of aromatic nitrogens is 3. The summed E-state index contributed by atoms with van der Waals surface area (Å²) in [5.74, 6) is 2.70. The lowest BCUT2D eigenvalue weighted by atomic mass is 9.90. The van der Waals surface area contributed by atoms with Crippen molar-refractivity contribution in [3.63, 3.8) is 0 Å². The van der Waals surface area contributed by atoms with Crippen LogP contribution < -0.4 is 4.90 Å². The largest absolute Gasteiger partial charge is 0.459 e. The molecule has 8 heteroatoms. The maximum Gasteiger partial charge on any atom is 0.289 e. The zero-order chi connectivity index (χ0) is 22.1. The van der Waals surface area contributed by atoms with Gasteiger partial charge in [-0.1, -0.05) is 12.1 Å². The Balaban J connectivity index is 1.40. The number of furan rings is 1. The van der Waals surface area contributed by atoms with Gasteiger partial charge >= 0.3 is 0 Å². The van der Waals surface area contributed by atoms with E-state index in [0.717, 1.165) is 55.3 Å². The number of aryl methyl sites for hydroxylation is 1. The number of rotatable bonds is 4. The SMILES string of the molecule is Cc1cc(-c2cnc(N3CCCC(C)C3)nc2C2CCN(C(=O)c3ccco3)CC2)on1. The molecule has 8 nitrogen and oxygen atoms in total. The zero-order valence-electron chi connectivity index (χ0n) is 18.7. The fourth-order valence-corrected chi connectivity index (χ4v) is 4.81. The van der Waals surface area contributed by atoms with E-state index in [0.29, 0.717) is 30.5 Å². The van der Waals surface area contributed by atoms with E-state index in [4.69, 9.17) is 18.9 Å². The van der Waals surface area contributed by atoms with Crippen LogP contribution in [0.1, 0.15) is 60.5 Å². The fourth-order valence-electron chi connectivity index (χ4n) is 4.81. The molecule has 2 saturated heterocycles. The summed E-state index contributed by atoms with van der Waals surface area (Å²) in [7, 11) is 0. The molecule has 2 aliphatic heterocycles. The van der Waals surface area contributed by atoms with Crippen molar-refractivity contribution in [3.05, 3.63) is 47.8 Å². The summed E-state index contributed by atoms with van der Waals surface area (Å²) in [6, 6.07) is 5.39. The summed E-state index contributed by atoms with van der Waals surface area (Å²) in [5, 5.41) is 4.06. The van der Waals surface area contributed by atoms with Gasteiger partial charge in [0.05, 0.1) is 23.2 Å². The number of piperidine rings is 2. The minimum Gasteiger partial charge on any atom is -0.459 e. The van der Waals surface area contributed by atoms with E-state index in [9.17, 15) is 4.79 Å². The van der Waals surface area contributed by atoms with Crippen LogP contribution in [0.15, 0.2) is 39.6 Å². The van der Waals surface area contributed by atoms with Crippen molar-refractivity contribution in [1.29, 1.82) is 0 Å². The molecule has 0 radical (unpaired) electrons. The molecule has 0 saturated carbocycles. The molecule has 168 valence electrons. The zero-order valence-corrected chi connectivity index (χ0v) is 18.7. The molecule has 5 rings (SSSR count). The summed E-state index contributed by atoms with van der Waals surface area (Å²) in [5.41, 5.74) is 2.73. The minimum atomic E-state index is -0.0507. The molecule has 3 aromatic heterocycles. The van der Waals surface area contributed by atoms with Gasteiger partial charge in [-0.25, -0.2) is 9.97 Å². The molecule has 1 atom stereocenters. The molecular weight excluding hydrogens is 406 g/mol. The second kappa shape index (κ2) is 8.76. The highest BCUT2D eigenvalue weighted by atomic mass is 16.5. The molecule has 3 aromatic rings. The molecule has 5 heterocycles. The quantitative estimate of drug-likeness (QED) is 0.604. The summed E-state index contributed by atoms with van der Waals surface area (Å²) < 4.78 is 10.9. The molecule has 0 N–H and O–H groups in total. The van der Waals surface area contributed by atoms with Gasteiger partial charge in [0.1, 0.15) is 0 Å². The Morgan fingerprint density at radius 1 is 1.19 bits per heavy atom. The van der Waals surface area contributed by atoms with Crippen molar-refractivity contribution in [2.45, 2.75) is 45.4 Å². The molecule has 0 bridgehead atoms. The van der Waals surface area contributed by atoms with Crippen LogP contribution in [-0.2, 0) is 0 Å². The average Bonchev–Trinajstić information content (AvgIpc) is 3.50. The van der Waals surface area contributed by atoms with E-state index in [1.165, 1.54) is 12.7 Å². The number of carbonyl (C=O) groups excluding carboxylic acids is 1. The van der Waals surface area contributed by atoms with Crippen molar-refractivity contribution in [3.8, 4) is 11.3 Å². The van der Waals surface area contributed by atoms with Gasteiger partial charge in [-0.2, -0.15) is 0 Å². The van der Waals surface area contributed by atoms with Crippen LogP contribution in [0, 0.1) is 12.8 Å². The fraction of sp³-hybridized carbons (Fsp3) is 0.500. The standard InChI is InChI=1S/C24H29N5O3/c1-16-5-3-9-29(15-16)24-25-14-19(21-13-17(2)27-32-21)22(26-24)18-7-10-28(11-8-18)23(30)20-6-4-12-31-20/h4,6,12-14,16,18H,3,5,7-11,15H2,1-2H3. The lowest BCUT2D eigenvalue weighted by Gasteiger charge is -2.33. The van der Waals surface area contributed by atoms with Gasteiger partial charge in [0.2, 0.25) is 5.95 Å². The van der Waals surface area contributed by atoms with Crippen molar-refractivity contribution in [2.75, 3.05) is 31.1 Å². The number of anilines is 1. The van der Waals surface area contributed by atoms with Gasteiger partial charge in [0.15, 0.2) is 11.5 Å². The number of likely N-dealkylation sites (tertiary alicyclic amines) is 1. The highest BCUT2D eigenvalue weighted by Crippen LogP contribution is 2.36. The molecule has 0 aliphatic carbocycles. The molecule has 2 fully saturated rings. The van der Waals surface area contributed by atoms with Crippen molar-refractivity contribution >= 4 is 11.9 Å². The van der Waals surface area contributed by atoms with Gasteiger partial charge in [0.25, 0.3) is 5.91 Å². The predicted molar refractivity (Wildman–Crippen MR) is 119 cm³/mol. The van der Waals surface area contributed by atoms with Gasteiger partial charge in [0, 0.05) is 44.4 Å². The van der Waals surface area contributed by atoms with Crippen LogP contribution in [0.2, 0.25) is 0 Å². The average molecular weight is 436 g/mol. The second-order valence-electron chi connectivity index (χ2n) is 9.04. The van der Waals surface area contributed by atoms with Gasteiger partial charge in [-0.05, 0) is 50.7 Å². The Kier molecular flexibility index (Phi) is 5.68. The van der Waals surface area contributed by atoms with Crippen LogP contribution in [-0.4, -0.2) is 52.1 Å². The lowest BCUT2D eigenvalue weighted by Crippen LogP contribution is -2.38.